The molecule has 1 unspecified atom stereocenters. The van der Waals surface area contributed by atoms with Crippen LogP contribution in [0.3, 0.4) is 0 Å². The predicted octanol–water partition coefficient (Wildman–Crippen LogP) is 3.24. The summed E-state index contributed by atoms with van der Waals surface area (Å²) in [6, 6.07) is 6.30. The van der Waals surface area contributed by atoms with Gasteiger partial charge in [-0.05, 0) is 38.8 Å². The fraction of sp³-hybridized carbons (Fsp3) is 0.588. The fourth-order valence-corrected chi connectivity index (χ4v) is 2.41. The van der Waals surface area contributed by atoms with Gasteiger partial charge in [-0.3, -0.25) is 0 Å². The highest BCUT2D eigenvalue weighted by Crippen LogP contribution is 2.29. The van der Waals surface area contributed by atoms with Crippen molar-refractivity contribution in [2.75, 3.05) is 11.9 Å². The topological polar surface area (TPSA) is 46.6 Å². The number of pyridine rings is 1. The molecule has 2 heterocycles. The van der Waals surface area contributed by atoms with Gasteiger partial charge in [0.25, 0.3) is 0 Å². The molecule has 0 aliphatic carbocycles. The van der Waals surface area contributed by atoms with Crippen LogP contribution in [0.25, 0.3) is 5.65 Å². The molecule has 0 bridgehead atoms. The minimum absolute atomic E-state index is 0.0724. The normalized spacial score (nSPS) is 13.6. The van der Waals surface area contributed by atoms with Gasteiger partial charge >= 0.3 is 0 Å². The molecule has 4 nitrogen and oxygen atoms in total. The molecule has 116 valence electrons. The molecule has 0 saturated heterocycles. The van der Waals surface area contributed by atoms with Gasteiger partial charge in [0.1, 0.15) is 5.65 Å². The molecule has 2 rings (SSSR count). The van der Waals surface area contributed by atoms with Crippen molar-refractivity contribution in [2.24, 2.45) is 5.73 Å². The van der Waals surface area contributed by atoms with Gasteiger partial charge in [-0.2, -0.15) is 0 Å². The molecule has 0 aliphatic rings. The molecule has 0 spiro atoms. The molecule has 4 heteroatoms. The third-order valence-corrected chi connectivity index (χ3v) is 4.68. The van der Waals surface area contributed by atoms with Crippen LogP contribution in [0.5, 0.6) is 0 Å². The van der Waals surface area contributed by atoms with Gasteiger partial charge in [0.05, 0.1) is 5.69 Å². The van der Waals surface area contributed by atoms with Gasteiger partial charge in [-0.25, -0.2) is 4.98 Å². The van der Waals surface area contributed by atoms with Gasteiger partial charge in [-0.15, -0.1) is 0 Å². The molecular formula is C17H28N4. The van der Waals surface area contributed by atoms with E-state index in [-0.39, 0.29) is 11.6 Å². The van der Waals surface area contributed by atoms with Crippen LogP contribution < -0.4 is 10.6 Å². The van der Waals surface area contributed by atoms with Gasteiger partial charge in [0, 0.05) is 31.2 Å². The fourth-order valence-electron chi connectivity index (χ4n) is 2.41. The molecule has 1 atom stereocenters. The summed E-state index contributed by atoms with van der Waals surface area (Å²) in [4.78, 5) is 7.14. The van der Waals surface area contributed by atoms with Crippen LogP contribution in [0.1, 0.15) is 46.2 Å². The van der Waals surface area contributed by atoms with Crippen LogP contribution in [0.15, 0.2) is 24.4 Å². The summed E-state index contributed by atoms with van der Waals surface area (Å²) >= 11 is 0. The molecule has 2 aromatic heterocycles. The first-order chi connectivity index (χ1) is 9.90. The summed E-state index contributed by atoms with van der Waals surface area (Å²) in [5.41, 5.74) is 8.48. The van der Waals surface area contributed by atoms with Crippen LogP contribution in [0.4, 0.5) is 5.82 Å². The number of nitrogens with two attached hydrogens (primary N) is 1. The maximum absolute atomic E-state index is 6.21. The number of hydrogen-bond donors (Lipinski definition) is 1. The Bertz CT molecular complexity index is 600. The SMILES string of the molecule is CCC(N)Cc1c(N(C)C(C)(C)CC)nc2ccccn12. The highest BCUT2D eigenvalue weighted by Gasteiger charge is 2.27. The maximum atomic E-state index is 6.21. The maximum Gasteiger partial charge on any atom is 0.151 e. The van der Waals surface area contributed by atoms with Crippen molar-refractivity contribution < 1.29 is 0 Å². The number of nitrogens with zero attached hydrogens (tertiary/aromatic N) is 3. The van der Waals surface area contributed by atoms with E-state index in [0.717, 1.165) is 30.7 Å². The average molecular weight is 288 g/mol. The second-order valence-corrected chi connectivity index (χ2v) is 6.41. The number of hydrogen-bond acceptors (Lipinski definition) is 3. The van der Waals surface area contributed by atoms with E-state index in [1.54, 1.807) is 0 Å². The van der Waals surface area contributed by atoms with Crippen molar-refractivity contribution in [3.8, 4) is 0 Å². The summed E-state index contributed by atoms with van der Waals surface area (Å²) in [7, 11) is 2.13. The summed E-state index contributed by atoms with van der Waals surface area (Å²) in [5, 5.41) is 0. The second-order valence-electron chi connectivity index (χ2n) is 6.41. The molecule has 0 aliphatic heterocycles. The molecule has 21 heavy (non-hydrogen) atoms. The summed E-state index contributed by atoms with van der Waals surface area (Å²) in [6.45, 7) is 8.85. The molecular weight excluding hydrogens is 260 g/mol. The van der Waals surface area contributed by atoms with Crippen LogP contribution in [0, 0.1) is 0 Å². The smallest absolute Gasteiger partial charge is 0.151 e. The first-order valence-corrected chi connectivity index (χ1v) is 7.86. The Morgan fingerprint density at radius 2 is 2.05 bits per heavy atom. The lowest BCUT2D eigenvalue weighted by Crippen LogP contribution is -2.41. The lowest BCUT2D eigenvalue weighted by molar-refractivity contribution is 0.465. The molecule has 0 saturated carbocycles. The Balaban J connectivity index is 2.53. The van der Waals surface area contributed by atoms with Gasteiger partial charge in [0.15, 0.2) is 5.82 Å². The Kier molecular flexibility index (Phi) is 4.57. The number of rotatable bonds is 6. The standard InChI is InChI=1S/C17H28N4/c1-6-13(18)12-14-16(20(5)17(3,4)7-2)19-15-10-8-9-11-21(14)15/h8-11,13H,6-7,12,18H2,1-5H3. The average Bonchev–Trinajstić information content (AvgIpc) is 2.85. The molecule has 2 aromatic rings. The third kappa shape index (κ3) is 3.05. The highest BCUT2D eigenvalue weighted by atomic mass is 15.3. The Labute approximate surface area is 128 Å². The van der Waals surface area contributed by atoms with Crippen LogP contribution in [0.2, 0.25) is 0 Å². The minimum atomic E-state index is 0.0724. The lowest BCUT2D eigenvalue weighted by atomic mass is 9.99. The van der Waals surface area contributed by atoms with Crippen molar-refractivity contribution in [1.29, 1.82) is 0 Å². The van der Waals surface area contributed by atoms with E-state index in [4.69, 9.17) is 10.7 Å². The Morgan fingerprint density at radius 1 is 1.33 bits per heavy atom. The van der Waals surface area contributed by atoms with E-state index in [1.165, 1.54) is 5.69 Å². The minimum Gasteiger partial charge on any atom is -0.353 e. The van der Waals surface area contributed by atoms with Crippen molar-refractivity contribution in [2.45, 2.75) is 58.5 Å². The lowest BCUT2D eigenvalue weighted by Gasteiger charge is -2.36. The van der Waals surface area contributed by atoms with Gasteiger partial charge in [-0.1, -0.05) is 19.9 Å². The van der Waals surface area contributed by atoms with Crippen molar-refractivity contribution in [3.05, 3.63) is 30.1 Å². The second kappa shape index (κ2) is 6.06. The first-order valence-electron chi connectivity index (χ1n) is 7.86. The zero-order chi connectivity index (χ0) is 15.6. The van der Waals surface area contributed by atoms with E-state index >= 15 is 0 Å². The zero-order valence-corrected chi connectivity index (χ0v) is 13.9. The summed E-state index contributed by atoms with van der Waals surface area (Å²) in [5.74, 6) is 1.05. The van der Waals surface area contributed by atoms with Gasteiger partial charge in [0.2, 0.25) is 0 Å². The van der Waals surface area contributed by atoms with Gasteiger partial charge < -0.3 is 15.0 Å². The van der Waals surface area contributed by atoms with Crippen molar-refractivity contribution >= 4 is 11.5 Å². The van der Waals surface area contributed by atoms with E-state index in [1.807, 2.05) is 12.1 Å². The van der Waals surface area contributed by atoms with Crippen LogP contribution in [-0.4, -0.2) is 28.0 Å². The van der Waals surface area contributed by atoms with Crippen molar-refractivity contribution in [1.82, 2.24) is 9.38 Å². The number of anilines is 1. The van der Waals surface area contributed by atoms with E-state index in [9.17, 15) is 0 Å². The first kappa shape index (κ1) is 15.8. The van der Waals surface area contributed by atoms with E-state index in [2.05, 4.69) is 56.3 Å². The largest absolute Gasteiger partial charge is 0.353 e. The van der Waals surface area contributed by atoms with E-state index < -0.39 is 0 Å². The quantitative estimate of drug-likeness (QED) is 0.887. The molecule has 2 N–H and O–H groups in total. The Hall–Kier alpha value is -1.55. The number of imidazole rings is 1. The molecule has 0 radical (unpaired) electrons. The third-order valence-electron chi connectivity index (χ3n) is 4.68. The predicted molar refractivity (Wildman–Crippen MR) is 89.9 cm³/mol. The number of fused-ring (bicyclic) bond motifs is 1. The van der Waals surface area contributed by atoms with Crippen molar-refractivity contribution in [3.63, 3.8) is 0 Å². The molecule has 0 fully saturated rings. The van der Waals surface area contributed by atoms with E-state index in [0.29, 0.717) is 0 Å². The zero-order valence-electron chi connectivity index (χ0n) is 13.9. The highest BCUT2D eigenvalue weighted by molar-refractivity contribution is 5.57. The van der Waals surface area contributed by atoms with Crippen LogP contribution in [-0.2, 0) is 6.42 Å². The molecule has 0 amide bonds. The van der Waals surface area contributed by atoms with Crippen LogP contribution >= 0.6 is 0 Å². The molecule has 0 aromatic carbocycles. The summed E-state index contributed by atoms with van der Waals surface area (Å²) < 4.78 is 2.17. The monoisotopic (exact) mass is 288 g/mol. The number of aromatic nitrogens is 2. The Morgan fingerprint density at radius 3 is 2.67 bits per heavy atom. The summed E-state index contributed by atoms with van der Waals surface area (Å²) in [6.07, 6.45) is 4.97.